The van der Waals surface area contributed by atoms with Crippen molar-refractivity contribution in [3.05, 3.63) is 65.4 Å². The molecule has 0 fully saturated rings. The molecule has 1 aromatic carbocycles. The van der Waals surface area contributed by atoms with Gasteiger partial charge in [-0.3, -0.25) is 9.78 Å². The Hall–Kier alpha value is -2.64. The van der Waals surface area contributed by atoms with E-state index in [1.54, 1.807) is 18.3 Å². The monoisotopic (exact) mass is 370 g/mol. The summed E-state index contributed by atoms with van der Waals surface area (Å²) in [4.78, 5) is 21.1. The van der Waals surface area contributed by atoms with Crippen molar-refractivity contribution in [3.8, 4) is 10.6 Å². The van der Waals surface area contributed by atoms with E-state index >= 15 is 0 Å². The molecule has 1 atom stereocenters. The van der Waals surface area contributed by atoms with Crippen molar-refractivity contribution in [2.45, 2.75) is 26.3 Å². The molecular formula is C19H19FN4OS. The lowest BCUT2D eigenvalue weighted by atomic mass is 10.1. The molecule has 3 aromatic rings. The summed E-state index contributed by atoms with van der Waals surface area (Å²) in [6.07, 6.45) is 2.07. The van der Waals surface area contributed by atoms with E-state index in [1.165, 1.54) is 23.5 Å². The molecule has 1 amide bonds. The maximum atomic E-state index is 13.0. The molecule has 2 aromatic heterocycles. The third-order valence-corrected chi connectivity index (χ3v) is 5.00. The van der Waals surface area contributed by atoms with E-state index in [2.05, 4.69) is 15.3 Å². The van der Waals surface area contributed by atoms with E-state index < -0.39 is 6.04 Å². The van der Waals surface area contributed by atoms with Crippen molar-refractivity contribution in [2.24, 2.45) is 5.73 Å². The van der Waals surface area contributed by atoms with E-state index in [9.17, 15) is 9.18 Å². The molecule has 134 valence electrons. The fourth-order valence-corrected chi connectivity index (χ4v) is 3.45. The van der Waals surface area contributed by atoms with Gasteiger partial charge in [-0.05, 0) is 50.1 Å². The van der Waals surface area contributed by atoms with E-state index in [-0.39, 0.29) is 11.7 Å². The zero-order valence-electron chi connectivity index (χ0n) is 14.5. The third-order valence-electron chi connectivity index (χ3n) is 3.88. The number of amides is 1. The molecule has 0 aliphatic heterocycles. The first kappa shape index (κ1) is 18.2. The number of hydrogen-bond donors (Lipinski definition) is 2. The number of nitrogens with zero attached hydrogens (tertiary/aromatic N) is 2. The number of aryl methyl sites for hydroxylation is 2. The zero-order valence-corrected chi connectivity index (χ0v) is 15.3. The van der Waals surface area contributed by atoms with Gasteiger partial charge in [0.05, 0.1) is 11.7 Å². The van der Waals surface area contributed by atoms with Crippen LogP contribution in [-0.2, 0) is 11.2 Å². The highest BCUT2D eigenvalue weighted by molar-refractivity contribution is 7.19. The van der Waals surface area contributed by atoms with Crippen LogP contribution in [0.5, 0.6) is 0 Å². The first-order valence-electron chi connectivity index (χ1n) is 8.13. The molecule has 3 rings (SSSR count). The topological polar surface area (TPSA) is 80.9 Å². The van der Waals surface area contributed by atoms with Crippen molar-refractivity contribution in [2.75, 3.05) is 5.32 Å². The predicted molar refractivity (Wildman–Crippen MR) is 102 cm³/mol. The average Bonchev–Trinajstić information content (AvgIpc) is 2.97. The highest BCUT2D eigenvalue weighted by atomic mass is 32.1. The lowest BCUT2D eigenvalue weighted by molar-refractivity contribution is -0.117. The van der Waals surface area contributed by atoms with Crippen molar-refractivity contribution in [3.63, 3.8) is 0 Å². The molecule has 0 aliphatic rings. The first-order chi connectivity index (χ1) is 12.4. The Morgan fingerprint density at radius 1 is 1.27 bits per heavy atom. The summed E-state index contributed by atoms with van der Waals surface area (Å²) in [7, 11) is 0. The maximum absolute atomic E-state index is 13.0. The minimum absolute atomic E-state index is 0.293. The number of benzene rings is 1. The Morgan fingerprint density at radius 2 is 2.00 bits per heavy atom. The van der Waals surface area contributed by atoms with Crippen LogP contribution in [0.1, 0.15) is 17.0 Å². The number of hydrogen-bond acceptors (Lipinski definition) is 5. The second-order valence-electron chi connectivity index (χ2n) is 6.05. The molecule has 7 heteroatoms. The number of carbonyl (C=O) groups is 1. The summed E-state index contributed by atoms with van der Waals surface area (Å²) < 4.78 is 13.0. The van der Waals surface area contributed by atoms with Crippen LogP contribution in [0.15, 0.2) is 42.6 Å². The molecule has 0 aliphatic carbocycles. The number of nitrogens with one attached hydrogen (secondary N) is 1. The number of halogens is 1. The third kappa shape index (κ3) is 4.30. The molecule has 5 nitrogen and oxygen atoms in total. The van der Waals surface area contributed by atoms with Crippen LogP contribution in [0.2, 0.25) is 0 Å². The fourth-order valence-electron chi connectivity index (χ4n) is 2.49. The molecule has 0 saturated carbocycles. The van der Waals surface area contributed by atoms with Crippen molar-refractivity contribution < 1.29 is 9.18 Å². The van der Waals surface area contributed by atoms with Gasteiger partial charge >= 0.3 is 0 Å². The highest BCUT2D eigenvalue weighted by Crippen LogP contribution is 2.31. The molecule has 3 N–H and O–H groups in total. The van der Waals surface area contributed by atoms with Crippen LogP contribution in [0.25, 0.3) is 10.6 Å². The number of pyridine rings is 1. The average molecular weight is 370 g/mol. The van der Waals surface area contributed by atoms with E-state index in [0.29, 0.717) is 11.4 Å². The van der Waals surface area contributed by atoms with Crippen LogP contribution < -0.4 is 11.1 Å². The van der Waals surface area contributed by atoms with Crippen molar-refractivity contribution in [1.82, 2.24) is 9.97 Å². The normalized spacial score (nSPS) is 12.0. The van der Waals surface area contributed by atoms with Crippen LogP contribution in [-0.4, -0.2) is 21.9 Å². The van der Waals surface area contributed by atoms with Crippen molar-refractivity contribution >= 4 is 22.2 Å². The van der Waals surface area contributed by atoms with E-state index in [1.807, 2.05) is 26.0 Å². The molecule has 26 heavy (non-hydrogen) atoms. The van der Waals surface area contributed by atoms with Gasteiger partial charge in [-0.15, -0.1) is 0 Å². The lowest BCUT2D eigenvalue weighted by Gasteiger charge is -2.11. The summed E-state index contributed by atoms with van der Waals surface area (Å²) in [6, 6.07) is 9.08. The summed E-state index contributed by atoms with van der Waals surface area (Å²) in [5, 5.41) is 4.34. The number of thiazole rings is 1. The standard InChI is InChI=1S/C19H19FN4OS/c1-11-9-14(7-8-22-11)19-23-12(2)18(26-19)24-17(25)16(21)10-13-3-5-15(20)6-4-13/h3-9,16H,10,21H2,1-2H3,(H,24,25)/t16-/m0/s1. The molecule has 2 heterocycles. The Labute approximate surface area is 155 Å². The van der Waals surface area contributed by atoms with Gasteiger partial charge in [0.25, 0.3) is 0 Å². The van der Waals surface area contributed by atoms with Gasteiger partial charge in [0.15, 0.2) is 0 Å². The fraction of sp³-hybridized carbons (Fsp3) is 0.211. The van der Waals surface area contributed by atoms with Gasteiger partial charge in [0.1, 0.15) is 15.8 Å². The van der Waals surface area contributed by atoms with Crippen LogP contribution in [0, 0.1) is 19.7 Å². The van der Waals surface area contributed by atoms with Gasteiger partial charge in [0, 0.05) is 17.5 Å². The van der Waals surface area contributed by atoms with Crippen LogP contribution in [0.4, 0.5) is 9.39 Å². The molecular weight excluding hydrogens is 351 g/mol. The molecule has 0 unspecified atom stereocenters. The lowest BCUT2D eigenvalue weighted by Crippen LogP contribution is -2.37. The SMILES string of the molecule is Cc1cc(-c2nc(C)c(NC(=O)[C@@H](N)Cc3ccc(F)cc3)s2)ccn1. The van der Waals surface area contributed by atoms with E-state index in [0.717, 1.165) is 27.5 Å². The molecule has 0 saturated heterocycles. The van der Waals surface area contributed by atoms with Crippen LogP contribution >= 0.6 is 11.3 Å². The largest absolute Gasteiger partial charge is 0.320 e. The van der Waals surface area contributed by atoms with Gasteiger partial charge < -0.3 is 11.1 Å². The Balaban J connectivity index is 1.70. The molecule has 0 bridgehead atoms. The highest BCUT2D eigenvalue weighted by Gasteiger charge is 2.18. The number of anilines is 1. The quantitative estimate of drug-likeness (QED) is 0.721. The number of nitrogens with two attached hydrogens (primary N) is 1. The molecule has 0 spiro atoms. The summed E-state index contributed by atoms with van der Waals surface area (Å²) in [5.74, 6) is -0.607. The van der Waals surface area contributed by atoms with Crippen molar-refractivity contribution in [1.29, 1.82) is 0 Å². The van der Waals surface area contributed by atoms with Gasteiger partial charge in [-0.1, -0.05) is 23.5 Å². The second kappa shape index (κ2) is 7.72. The smallest absolute Gasteiger partial charge is 0.242 e. The summed E-state index contributed by atoms with van der Waals surface area (Å²) in [5.41, 5.74) is 9.40. The van der Waals surface area contributed by atoms with Gasteiger partial charge in [-0.2, -0.15) is 0 Å². The van der Waals surface area contributed by atoms with Gasteiger partial charge in [0.2, 0.25) is 5.91 Å². The minimum Gasteiger partial charge on any atom is -0.320 e. The second-order valence-corrected chi connectivity index (χ2v) is 7.04. The van der Waals surface area contributed by atoms with Crippen LogP contribution in [0.3, 0.4) is 0 Å². The molecule has 0 radical (unpaired) electrons. The Bertz CT molecular complexity index is 924. The minimum atomic E-state index is -0.728. The Kier molecular flexibility index (Phi) is 5.39. The maximum Gasteiger partial charge on any atom is 0.242 e. The Morgan fingerprint density at radius 3 is 2.69 bits per heavy atom. The number of carbonyl (C=O) groups excluding carboxylic acids is 1. The first-order valence-corrected chi connectivity index (χ1v) is 8.95. The summed E-state index contributed by atoms with van der Waals surface area (Å²) >= 11 is 1.40. The number of rotatable bonds is 5. The number of aromatic nitrogens is 2. The van der Waals surface area contributed by atoms with Gasteiger partial charge in [-0.25, -0.2) is 9.37 Å². The summed E-state index contributed by atoms with van der Waals surface area (Å²) in [6.45, 7) is 3.76. The predicted octanol–water partition coefficient (Wildman–Crippen LogP) is 3.47. The zero-order chi connectivity index (χ0) is 18.7. The van der Waals surface area contributed by atoms with E-state index in [4.69, 9.17) is 5.73 Å².